The van der Waals surface area contributed by atoms with Crippen molar-refractivity contribution in [2.45, 2.75) is 38.9 Å². The van der Waals surface area contributed by atoms with Gasteiger partial charge in [-0.3, -0.25) is 9.48 Å². The van der Waals surface area contributed by atoms with Crippen LogP contribution < -0.4 is 10.2 Å². The molecular weight excluding hydrogens is 276 g/mol. The van der Waals surface area contributed by atoms with Crippen molar-refractivity contribution in [1.82, 2.24) is 15.1 Å². The van der Waals surface area contributed by atoms with Crippen LogP contribution in [0.1, 0.15) is 19.4 Å². The second-order valence-corrected chi connectivity index (χ2v) is 5.96. The molecule has 1 aliphatic rings. The molecule has 5 heteroatoms. The zero-order valence-corrected chi connectivity index (χ0v) is 13.1. The van der Waals surface area contributed by atoms with Crippen LogP contribution in [0.15, 0.2) is 42.7 Å². The lowest BCUT2D eigenvalue weighted by molar-refractivity contribution is -0.118. The molecule has 5 nitrogen and oxygen atoms in total. The van der Waals surface area contributed by atoms with E-state index in [9.17, 15) is 4.79 Å². The number of nitrogens with zero attached hydrogens (tertiary/aromatic N) is 3. The lowest BCUT2D eigenvalue weighted by atomic mass is 10.1. The van der Waals surface area contributed by atoms with Crippen molar-refractivity contribution in [1.29, 1.82) is 0 Å². The van der Waals surface area contributed by atoms with Crippen LogP contribution in [0.4, 0.5) is 5.69 Å². The molecule has 0 unspecified atom stereocenters. The van der Waals surface area contributed by atoms with Crippen LogP contribution in [0.3, 0.4) is 0 Å². The van der Waals surface area contributed by atoms with E-state index in [-0.39, 0.29) is 18.0 Å². The molecule has 1 amide bonds. The van der Waals surface area contributed by atoms with Gasteiger partial charge in [0.15, 0.2) is 0 Å². The molecule has 0 aliphatic carbocycles. The number of benzene rings is 1. The van der Waals surface area contributed by atoms with E-state index in [0.717, 1.165) is 18.7 Å². The number of fused-ring (bicyclic) bond motifs is 1. The van der Waals surface area contributed by atoms with E-state index >= 15 is 0 Å². The average molecular weight is 298 g/mol. The molecule has 22 heavy (non-hydrogen) atoms. The molecular formula is C17H22N4O. The van der Waals surface area contributed by atoms with E-state index in [1.54, 1.807) is 6.20 Å². The Morgan fingerprint density at radius 1 is 1.41 bits per heavy atom. The molecule has 2 aromatic rings. The van der Waals surface area contributed by atoms with Gasteiger partial charge in [0.2, 0.25) is 5.91 Å². The monoisotopic (exact) mass is 298 g/mol. The van der Waals surface area contributed by atoms with Crippen LogP contribution in [0.2, 0.25) is 0 Å². The standard InChI is InChI=1S/C17H22N4O/c1-13(12-20-9-5-8-19-20)18-11-17(22)21-14(2)10-15-6-3-4-7-16(15)21/h3-9,13-14,18H,10-12H2,1-2H3/t13-,14-/m0/s1. The summed E-state index contributed by atoms with van der Waals surface area (Å²) in [4.78, 5) is 14.5. The molecule has 2 atom stereocenters. The summed E-state index contributed by atoms with van der Waals surface area (Å²) in [5.74, 6) is 0.129. The SMILES string of the molecule is C[C@@H](Cn1cccn1)NCC(=O)N1c2ccccc2C[C@@H]1C. The van der Waals surface area contributed by atoms with Gasteiger partial charge in [0.25, 0.3) is 0 Å². The summed E-state index contributed by atoms with van der Waals surface area (Å²) in [6, 6.07) is 10.5. The predicted octanol–water partition coefficient (Wildman–Crippen LogP) is 1.84. The summed E-state index contributed by atoms with van der Waals surface area (Å²) >= 11 is 0. The number of hydrogen-bond acceptors (Lipinski definition) is 3. The highest BCUT2D eigenvalue weighted by Gasteiger charge is 2.30. The highest BCUT2D eigenvalue weighted by molar-refractivity contribution is 5.97. The van der Waals surface area contributed by atoms with Crippen molar-refractivity contribution >= 4 is 11.6 Å². The minimum absolute atomic E-state index is 0.129. The number of anilines is 1. The van der Waals surface area contributed by atoms with Crippen LogP contribution in [0, 0.1) is 0 Å². The smallest absolute Gasteiger partial charge is 0.241 e. The Kier molecular flexibility index (Phi) is 4.24. The average Bonchev–Trinajstić information content (AvgIpc) is 3.11. The summed E-state index contributed by atoms with van der Waals surface area (Å²) in [6.07, 6.45) is 4.63. The Hall–Kier alpha value is -2.14. The number of rotatable bonds is 5. The quantitative estimate of drug-likeness (QED) is 0.916. The van der Waals surface area contributed by atoms with E-state index in [1.807, 2.05) is 40.0 Å². The van der Waals surface area contributed by atoms with Gasteiger partial charge in [0.1, 0.15) is 0 Å². The second kappa shape index (κ2) is 6.32. The Balaban J connectivity index is 1.58. The number of nitrogens with one attached hydrogen (secondary N) is 1. The van der Waals surface area contributed by atoms with E-state index in [0.29, 0.717) is 6.54 Å². The maximum absolute atomic E-state index is 12.6. The zero-order valence-electron chi connectivity index (χ0n) is 13.1. The van der Waals surface area contributed by atoms with E-state index in [1.165, 1.54) is 5.56 Å². The topological polar surface area (TPSA) is 50.2 Å². The highest BCUT2D eigenvalue weighted by atomic mass is 16.2. The Bertz CT molecular complexity index is 638. The minimum Gasteiger partial charge on any atom is -0.308 e. The third-order valence-corrected chi connectivity index (χ3v) is 4.10. The third kappa shape index (κ3) is 3.04. The van der Waals surface area contributed by atoms with Gasteiger partial charge in [-0.15, -0.1) is 0 Å². The molecule has 116 valence electrons. The Morgan fingerprint density at radius 3 is 3.00 bits per heavy atom. The summed E-state index contributed by atoms with van der Waals surface area (Å²) in [7, 11) is 0. The number of aromatic nitrogens is 2. The predicted molar refractivity (Wildman–Crippen MR) is 86.8 cm³/mol. The molecule has 0 radical (unpaired) electrons. The summed E-state index contributed by atoms with van der Waals surface area (Å²) in [5, 5.41) is 7.48. The molecule has 2 heterocycles. The van der Waals surface area contributed by atoms with Crippen LogP contribution >= 0.6 is 0 Å². The summed E-state index contributed by atoms with van der Waals surface area (Å²) in [5.41, 5.74) is 2.31. The number of carbonyl (C=O) groups excluding carboxylic acids is 1. The number of amides is 1. The molecule has 0 bridgehead atoms. The van der Waals surface area contributed by atoms with Crippen molar-refractivity contribution in [3.8, 4) is 0 Å². The van der Waals surface area contributed by atoms with E-state index in [4.69, 9.17) is 0 Å². The van der Waals surface area contributed by atoms with Crippen LogP contribution in [0.25, 0.3) is 0 Å². The summed E-state index contributed by atoms with van der Waals surface area (Å²) in [6.45, 7) is 5.27. The van der Waals surface area contributed by atoms with Crippen molar-refractivity contribution in [2.75, 3.05) is 11.4 Å². The Labute approximate surface area is 130 Å². The maximum Gasteiger partial charge on any atom is 0.241 e. The van der Waals surface area contributed by atoms with Gasteiger partial charge in [0, 0.05) is 30.2 Å². The number of hydrogen-bond donors (Lipinski definition) is 1. The van der Waals surface area contributed by atoms with Gasteiger partial charge in [-0.05, 0) is 38.0 Å². The minimum atomic E-state index is 0.129. The third-order valence-electron chi connectivity index (χ3n) is 4.10. The number of carbonyl (C=O) groups is 1. The molecule has 0 spiro atoms. The molecule has 3 rings (SSSR count). The molecule has 1 N–H and O–H groups in total. The first-order chi connectivity index (χ1) is 10.6. The molecule has 0 fully saturated rings. The van der Waals surface area contributed by atoms with Crippen LogP contribution in [-0.4, -0.2) is 34.3 Å². The lowest BCUT2D eigenvalue weighted by Crippen LogP contribution is -2.44. The second-order valence-electron chi connectivity index (χ2n) is 5.96. The van der Waals surface area contributed by atoms with Crippen LogP contribution in [-0.2, 0) is 17.8 Å². The largest absolute Gasteiger partial charge is 0.308 e. The van der Waals surface area contributed by atoms with Crippen LogP contribution in [0.5, 0.6) is 0 Å². The molecule has 0 saturated carbocycles. The normalized spacial score (nSPS) is 18.3. The van der Waals surface area contributed by atoms with Gasteiger partial charge in [-0.25, -0.2) is 0 Å². The van der Waals surface area contributed by atoms with Gasteiger partial charge in [-0.2, -0.15) is 5.10 Å². The number of para-hydroxylation sites is 1. The van der Waals surface area contributed by atoms with Gasteiger partial charge >= 0.3 is 0 Å². The first kappa shape index (κ1) is 14.8. The van der Waals surface area contributed by atoms with E-state index < -0.39 is 0 Å². The fourth-order valence-electron chi connectivity index (χ4n) is 3.05. The first-order valence-electron chi connectivity index (χ1n) is 7.76. The van der Waals surface area contributed by atoms with Gasteiger partial charge in [-0.1, -0.05) is 18.2 Å². The van der Waals surface area contributed by atoms with Crippen molar-refractivity contribution in [2.24, 2.45) is 0 Å². The van der Waals surface area contributed by atoms with Crippen molar-refractivity contribution in [3.05, 3.63) is 48.3 Å². The fraction of sp³-hybridized carbons (Fsp3) is 0.412. The fourth-order valence-corrected chi connectivity index (χ4v) is 3.05. The molecule has 1 aliphatic heterocycles. The van der Waals surface area contributed by atoms with Crippen molar-refractivity contribution < 1.29 is 4.79 Å². The first-order valence-corrected chi connectivity index (χ1v) is 7.76. The molecule has 0 saturated heterocycles. The van der Waals surface area contributed by atoms with Gasteiger partial charge in [0.05, 0.1) is 13.1 Å². The van der Waals surface area contributed by atoms with Crippen molar-refractivity contribution in [3.63, 3.8) is 0 Å². The van der Waals surface area contributed by atoms with E-state index in [2.05, 4.69) is 30.3 Å². The Morgan fingerprint density at radius 2 is 2.23 bits per heavy atom. The van der Waals surface area contributed by atoms with Gasteiger partial charge < -0.3 is 10.2 Å². The highest BCUT2D eigenvalue weighted by Crippen LogP contribution is 2.31. The molecule has 1 aromatic heterocycles. The summed E-state index contributed by atoms with van der Waals surface area (Å²) < 4.78 is 1.87. The maximum atomic E-state index is 12.6. The zero-order chi connectivity index (χ0) is 15.5. The molecule has 1 aromatic carbocycles. The lowest BCUT2D eigenvalue weighted by Gasteiger charge is -2.24.